The molecule has 2 nitrogen and oxygen atoms in total. The maximum absolute atomic E-state index is 10.4. The molecule has 0 aliphatic rings. The summed E-state index contributed by atoms with van der Waals surface area (Å²) in [5, 5.41) is 0.354. The summed E-state index contributed by atoms with van der Waals surface area (Å²) >= 11 is 2.99. The number of carbonyl (C=O) groups is 1. The van der Waals surface area contributed by atoms with Gasteiger partial charge in [0.05, 0.1) is 18.7 Å². The highest BCUT2D eigenvalue weighted by Gasteiger charge is 1.87. The molecule has 0 spiro atoms. The number of carbonyl (C=O) groups excluding carboxylic acids is 1. The maximum Gasteiger partial charge on any atom is 0.169 e. The van der Waals surface area contributed by atoms with Crippen LogP contribution >= 0.6 is 15.9 Å². The van der Waals surface area contributed by atoms with Crippen molar-refractivity contribution in [2.45, 2.75) is 0 Å². The first kappa shape index (κ1) is 7.69. The van der Waals surface area contributed by atoms with Crippen molar-refractivity contribution < 1.29 is 9.53 Å². The summed E-state index contributed by atoms with van der Waals surface area (Å²) in [4.78, 5) is 10.4. The molecule has 0 fully saturated rings. The van der Waals surface area contributed by atoms with Crippen LogP contribution in [0, 0.1) is 0 Å². The minimum Gasteiger partial charge on any atom is -0.504 e. The van der Waals surface area contributed by atoms with Gasteiger partial charge in [0.2, 0.25) is 0 Å². The van der Waals surface area contributed by atoms with Gasteiger partial charge in [-0.2, -0.15) is 0 Å². The molecular formula is C5H7BrO2. The lowest BCUT2D eigenvalue weighted by Gasteiger charge is -1.83. The van der Waals surface area contributed by atoms with Crippen molar-refractivity contribution in [1.82, 2.24) is 0 Å². The van der Waals surface area contributed by atoms with E-state index in [0.29, 0.717) is 5.33 Å². The SMILES string of the molecule is COC=CC(=O)CBr. The number of alkyl halides is 1. The van der Waals surface area contributed by atoms with Gasteiger partial charge in [-0.15, -0.1) is 0 Å². The van der Waals surface area contributed by atoms with E-state index < -0.39 is 0 Å². The molecule has 46 valence electrons. The van der Waals surface area contributed by atoms with E-state index in [2.05, 4.69) is 20.7 Å². The van der Waals surface area contributed by atoms with E-state index in [0.717, 1.165) is 0 Å². The van der Waals surface area contributed by atoms with Gasteiger partial charge >= 0.3 is 0 Å². The highest BCUT2D eigenvalue weighted by Crippen LogP contribution is 1.83. The zero-order valence-corrected chi connectivity index (χ0v) is 6.14. The largest absolute Gasteiger partial charge is 0.504 e. The molecule has 0 amide bonds. The molecule has 0 heterocycles. The summed E-state index contributed by atoms with van der Waals surface area (Å²) in [6, 6.07) is 0. The Labute approximate surface area is 56.7 Å². The molecule has 0 bridgehead atoms. The molecule has 0 aromatic heterocycles. The number of methoxy groups -OCH3 is 1. The lowest BCUT2D eigenvalue weighted by Crippen LogP contribution is -1.91. The number of hydrogen-bond donors (Lipinski definition) is 0. The fourth-order valence-electron chi connectivity index (χ4n) is 0.188. The Morgan fingerprint density at radius 1 is 1.88 bits per heavy atom. The molecular weight excluding hydrogens is 172 g/mol. The van der Waals surface area contributed by atoms with Crippen molar-refractivity contribution in [2.24, 2.45) is 0 Å². The van der Waals surface area contributed by atoms with Gasteiger partial charge in [-0.05, 0) is 0 Å². The van der Waals surface area contributed by atoms with Crippen LogP contribution in [0.15, 0.2) is 12.3 Å². The monoisotopic (exact) mass is 178 g/mol. The van der Waals surface area contributed by atoms with Crippen LogP contribution in [0.25, 0.3) is 0 Å². The van der Waals surface area contributed by atoms with Gasteiger partial charge in [0, 0.05) is 6.08 Å². The van der Waals surface area contributed by atoms with Crippen LogP contribution in [-0.4, -0.2) is 18.2 Å². The molecule has 0 atom stereocenters. The van der Waals surface area contributed by atoms with E-state index in [9.17, 15) is 4.79 Å². The number of ketones is 1. The molecule has 3 heteroatoms. The molecule has 0 aliphatic heterocycles. The molecule has 8 heavy (non-hydrogen) atoms. The molecule has 0 aromatic rings. The third kappa shape index (κ3) is 3.87. The number of hydrogen-bond acceptors (Lipinski definition) is 2. The summed E-state index contributed by atoms with van der Waals surface area (Å²) in [6.45, 7) is 0. The molecule has 0 unspecified atom stereocenters. The zero-order valence-electron chi connectivity index (χ0n) is 4.56. The maximum atomic E-state index is 10.4. The van der Waals surface area contributed by atoms with Crippen molar-refractivity contribution in [1.29, 1.82) is 0 Å². The van der Waals surface area contributed by atoms with Crippen molar-refractivity contribution in [2.75, 3.05) is 12.4 Å². The van der Waals surface area contributed by atoms with Gasteiger partial charge in [0.15, 0.2) is 5.78 Å². The second-order valence-corrected chi connectivity index (χ2v) is 1.70. The fraction of sp³-hybridized carbons (Fsp3) is 0.400. The Bertz CT molecular complexity index is 98.6. The van der Waals surface area contributed by atoms with Crippen LogP contribution in [0.5, 0.6) is 0 Å². The third-order valence-corrected chi connectivity index (χ3v) is 1.07. The van der Waals surface area contributed by atoms with Crippen LogP contribution in [-0.2, 0) is 9.53 Å². The van der Waals surface area contributed by atoms with Crippen molar-refractivity contribution in [3.8, 4) is 0 Å². The van der Waals surface area contributed by atoms with Crippen LogP contribution in [0.3, 0.4) is 0 Å². The Hall–Kier alpha value is -0.310. The molecule has 0 saturated heterocycles. The highest BCUT2D eigenvalue weighted by molar-refractivity contribution is 9.09. The van der Waals surface area contributed by atoms with Gasteiger partial charge in [0.1, 0.15) is 0 Å². The number of halogens is 1. The van der Waals surface area contributed by atoms with E-state index in [4.69, 9.17) is 0 Å². The van der Waals surface area contributed by atoms with E-state index in [1.54, 1.807) is 0 Å². The zero-order chi connectivity index (χ0) is 6.41. The van der Waals surface area contributed by atoms with Crippen molar-refractivity contribution in [3.63, 3.8) is 0 Å². The first-order valence-electron chi connectivity index (χ1n) is 2.09. The lowest BCUT2D eigenvalue weighted by molar-refractivity contribution is -0.112. The van der Waals surface area contributed by atoms with E-state index >= 15 is 0 Å². The average Bonchev–Trinajstić information content (AvgIpc) is 1.83. The van der Waals surface area contributed by atoms with E-state index in [1.807, 2.05) is 0 Å². The Balaban J connectivity index is 3.37. The number of ether oxygens (including phenoxy) is 1. The number of allylic oxidation sites excluding steroid dienone is 1. The number of rotatable bonds is 3. The summed E-state index contributed by atoms with van der Waals surface area (Å²) < 4.78 is 4.49. The molecule has 0 aromatic carbocycles. The van der Waals surface area contributed by atoms with Crippen LogP contribution in [0.1, 0.15) is 0 Å². The van der Waals surface area contributed by atoms with Gasteiger partial charge in [-0.3, -0.25) is 4.79 Å². The first-order chi connectivity index (χ1) is 3.81. The van der Waals surface area contributed by atoms with Crippen molar-refractivity contribution in [3.05, 3.63) is 12.3 Å². The normalized spacial score (nSPS) is 9.75. The summed E-state index contributed by atoms with van der Waals surface area (Å²) in [7, 11) is 1.50. The molecule has 0 N–H and O–H groups in total. The summed E-state index contributed by atoms with van der Waals surface area (Å²) in [5.74, 6) is 0.00634. The standard InChI is InChI=1S/C5H7BrO2/c1-8-3-2-5(7)4-6/h2-3H,4H2,1H3. The molecule has 0 rings (SSSR count). The smallest absolute Gasteiger partial charge is 0.169 e. The summed E-state index contributed by atoms with van der Waals surface area (Å²) in [5.41, 5.74) is 0. The van der Waals surface area contributed by atoms with Gasteiger partial charge in [0.25, 0.3) is 0 Å². The Kier molecular flexibility index (Phi) is 4.65. The summed E-state index contributed by atoms with van der Waals surface area (Å²) in [6.07, 6.45) is 2.72. The predicted molar refractivity (Wildman–Crippen MR) is 35.0 cm³/mol. The van der Waals surface area contributed by atoms with E-state index in [-0.39, 0.29) is 5.78 Å². The Morgan fingerprint density at radius 2 is 2.50 bits per heavy atom. The lowest BCUT2D eigenvalue weighted by atomic mass is 10.4. The Morgan fingerprint density at radius 3 is 2.88 bits per heavy atom. The molecule has 0 radical (unpaired) electrons. The second kappa shape index (κ2) is 4.84. The third-order valence-electron chi connectivity index (χ3n) is 0.522. The minimum absolute atomic E-state index is 0.00634. The van der Waals surface area contributed by atoms with Gasteiger partial charge in [-0.1, -0.05) is 15.9 Å². The van der Waals surface area contributed by atoms with Crippen molar-refractivity contribution >= 4 is 21.7 Å². The van der Waals surface area contributed by atoms with Gasteiger partial charge < -0.3 is 4.74 Å². The predicted octanol–water partition coefficient (Wildman–Crippen LogP) is 1.11. The van der Waals surface area contributed by atoms with Crippen LogP contribution in [0.2, 0.25) is 0 Å². The molecule has 0 aliphatic carbocycles. The quantitative estimate of drug-likeness (QED) is 0.368. The van der Waals surface area contributed by atoms with E-state index in [1.165, 1.54) is 19.4 Å². The fourth-order valence-corrected chi connectivity index (χ4v) is 0.375. The van der Waals surface area contributed by atoms with Crippen LogP contribution in [0.4, 0.5) is 0 Å². The van der Waals surface area contributed by atoms with Crippen LogP contribution < -0.4 is 0 Å². The average molecular weight is 179 g/mol. The van der Waals surface area contributed by atoms with Gasteiger partial charge in [-0.25, -0.2) is 0 Å². The minimum atomic E-state index is 0.00634. The second-order valence-electron chi connectivity index (χ2n) is 1.14. The molecule has 0 saturated carbocycles. The topological polar surface area (TPSA) is 26.3 Å². The highest BCUT2D eigenvalue weighted by atomic mass is 79.9. The first-order valence-corrected chi connectivity index (χ1v) is 3.21.